The first-order valence-electron chi connectivity index (χ1n) is 9.29. The minimum atomic E-state index is -0.295. The van der Waals surface area contributed by atoms with Crippen molar-refractivity contribution in [1.82, 2.24) is 4.57 Å². The second-order valence-electron chi connectivity index (χ2n) is 6.98. The average Bonchev–Trinajstić information content (AvgIpc) is 2.68. The molecule has 0 aliphatic carbocycles. The monoisotopic (exact) mass is 370 g/mol. The Labute approximate surface area is 163 Å². The fourth-order valence-corrected chi connectivity index (χ4v) is 3.45. The Kier molecular flexibility index (Phi) is 4.72. The van der Waals surface area contributed by atoms with Crippen molar-refractivity contribution in [2.75, 3.05) is 0 Å². The molecule has 1 aromatic heterocycles. The second kappa shape index (κ2) is 7.33. The molecule has 0 saturated carbocycles. The summed E-state index contributed by atoms with van der Waals surface area (Å²) >= 11 is 0. The number of hydrogen-bond acceptors (Lipinski definition) is 3. The van der Waals surface area contributed by atoms with Gasteiger partial charge in [-0.2, -0.15) is 0 Å². The number of fused-ring (bicyclic) bond motifs is 1. The van der Waals surface area contributed by atoms with Crippen LogP contribution in [-0.2, 0) is 0 Å². The third kappa shape index (κ3) is 3.30. The van der Waals surface area contributed by atoms with Crippen molar-refractivity contribution in [3.63, 3.8) is 0 Å². The van der Waals surface area contributed by atoms with Crippen LogP contribution in [0.4, 0.5) is 0 Å². The fourth-order valence-electron chi connectivity index (χ4n) is 3.45. The Morgan fingerprint density at radius 1 is 0.929 bits per heavy atom. The molecule has 0 radical (unpaired) electrons. The highest BCUT2D eigenvalue weighted by molar-refractivity contribution is 5.89. The quantitative estimate of drug-likeness (QED) is 0.543. The third-order valence-electron chi connectivity index (χ3n) is 4.71. The van der Waals surface area contributed by atoms with Gasteiger partial charge in [-0.1, -0.05) is 42.5 Å². The number of nitrogens with zero attached hydrogens (tertiary/aromatic N) is 1. The zero-order chi connectivity index (χ0) is 19.7. The van der Waals surface area contributed by atoms with Crippen molar-refractivity contribution >= 4 is 10.8 Å². The normalized spacial score (nSPS) is 12.1. The van der Waals surface area contributed by atoms with Crippen LogP contribution in [0.15, 0.2) is 83.7 Å². The summed E-state index contributed by atoms with van der Waals surface area (Å²) in [4.78, 5) is 13.6. The maximum Gasteiger partial charge on any atom is 0.267 e. The number of ether oxygens (including phenoxy) is 1. The largest absolute Gasteiger partial charge is 0.457 e. The van der Waals surface area contributed by atoms with Gasteiger partial charge in [-0.15, -0.1) is 0 Å². The summed E-state index contributed by atoms with van der Waals surface area (Å²) in [7, 11) is 0. The van der Waals surface area contributed by atoms with Gasteiger partial charge in [0, 0.05) is 17.4 Å². The van der Waals surface area contributed by atoms with Crippen molar-refractivity contribution in [2.24, 2.45) is 5.73 Å². The van der Waals surface area contributed by atoms with Crippen LogP contribution >= 0.6 is 0 Å². The number of nitrogens with two attached hydrogens (primary N) is 1. The lowest BCUT2D eigenvalue weighted by molar-refractivity contribution is 0.487. The molecule has 1 atom stereocenters. The predicted octanol–water partition coefficient (Wildman–Crippen LogP) is 5.11. The van der Waals surface area contributed by atoms with Gasteiger partial charge in [0.25, 0.3) is 5.56 Å². The summed E-state index contributed by atoms with van der Waals surface area (Å²) in [5.41, 5.74) is 8.65. The molecule has 0 saturated heterocycles. The Bertz CT molecular complexity index is 1180. The maximum absolute atomic E-state index is 13.6. The number of aryl methyl sites for hydroxylation is 1. The molecule has 0 fully saturated rings. The molecule has 4 nitrogen and oxygen atoms in total. The zero-order valence-corrected chi connectivity index (χ0v) is 15.9. The van der Waals surface area contributed by atoms with Crippen molar-refractivity contribution in [2.45, 2.75) is 19.9 Å². The van der Waals surface area contributed by atoms with Crippen molar-refractivity contribution in [3.8, 4) is 17.2 Å². The Balaban J connectivity index is 2.03. The highest BCUT2D eigenvalue weighted by Crippen LogP contribution is 2.31. The lowest BCUT2D eigenvalue weighted by atomic mass is 10.0. The van der Waals surface area contributed by atoms with Crippen LogP contribution in [0.5, 0.6) is 11.5 Å². The predicted molar refractivity (Wildman–Crippen MR) is 113 cm³/mol. The Hall–Kier alpha value is -3.37. The van der Waals surface area contributed by atoms with Crippen molar-refractivity contribution < 1.29 is 4.74 Å². The molecule has 0 unspecified atom stereocenters. The van der Waals surface area contributed by atoms with E-state index in [0.717, 1.165) is 22.3 Å². The molecule has 4 heteroatoms. The van der Waals surface area contributed by atoms with E-state index in [9.17, 15) is 4.79 Å². The fraction of sp³-hybridized carbons (Fsp3) is 0.125. The molecule has 0 aliphatic rings. The van der Waals surface area contributed by atoms with Gasteiger partial charge in [0.1, 0.15) is 11.5 Å². The van der Waals surface area contributed by atoms with Gasteiger partial charge in [0.2, 0.25) is 0 Å². The first-order chi connectivity index (χ1) is 13.5. The molecule has 140 valence electrons. The van der Waals surface area contributed by atoms with Crippen molar-refractivity contribution in [3.05, 3.63) is 100 Å². The Morgan fingerprint density at radius 2 is 1.57 bits per heavy atom. The lowest BCUT2D eigenvalue weighted by Crippen LogP contribution is -2.26. The maximum atomic E-state index is 13.6. The smallest absolute Gasteiger partial charge is 0.267 e. The molecule has 0 aliphatic heterocycles. The average molecular weight is 370 g/mol. The summed E-state index contributed by atoms with van der Waals surface area (Å²) < 4.78 is 7.78. The number of hydrogen-bond donors (Lipinski definition) is 1. The minimum absolute atomic E-state index is 0.137. The van der Waals surface area contributed by atoms with Crippen LogP contribution in [0, 0.1) is 6.92 Å². The van der Waals surface area contributed by atoms with E-state index < -0.39 is 0 Å². The molecule has 0 spiro atoms. The van der Waals surface area contributed by atoms with Gasteiger partial charge in [0.05, 0.1) is 5.39 Å². The lowest BCUT2D eigenvalue weighted by Gasteiger charge is -2.19. The van der Waals surface area contributed by atoms with E-state index in [4.69, 9.17) is 10.5 Å². The van der Waals surface area contributed by atoms with Crippen LogP contribution in [-0.4, -0.2) is 4.57 Å². The molecule has 4 rings (SSSR count). The summed E-state index contributed by atoms with van der Waals surface area (Å²) in [5.74, 6) is 1.24. The number of benzene rings is 3. The van der Waals surface area contributed by atoms with Crippen molar-refractivity contribution in [1.29, 1.82) is 0 Å². The van der Waals surface area contributed by atoms with E-state index in [0.29, 0.717) is 16.9 Å². The van der Waals surface area contributed by atoms with Gasteiger partial charge in [-0.3, -0.25) is 9.36 Å². The first kappa shape index (κ1) is 18.0. The number of aromatic nitrogens is 1. The molecule has 0 bridgehead atoms. The van der Waals surface area contributed by atoms with Crippen LogP contribution in [0.3, 0.4) is 0 Å². The molecule has 2 N–H and O–H groups in total. The molecule has 3 aromatic carbocycles. The van der Waals surface area contributed by atoms with E-state index in [-0.39, 0.29) is 11.6 Å². The molecular formula is C24H22N2O2. The molecule has 0 amide bonds. The summed E-state index contributed by atoms with van der Waals surface area (Å²) in [6.45, 7) is 3.88. The van der Waals surface area contributed by atoms with E-state index in [1.54, 1.807) is 4.57 Å². The highest BCUT2D eigenvalue weighted by Gasteiger charge is 2.17. The number of pyridine rings is 1. The highest BCUT2D eigenvalue weighted by atomic mass is 16.5. The molecule has 28 heavy (non-hydrogen) atoms. The minimum Gasteiger partial charge on any atom is -0.457 e. The van der Waals surface area contributed by atoms with E-state index in [2.05, 4.69) is 0 Å². The molecule has 4 aromatic rings. The van der Waals surface area contributed by atoms with Crippen LogP contribution in [0.2, 0.25) is 0 Å². The SMILES string of the molecule is Cc1cc(Oc2ccccc2)c2c(=O)n(-c3ccccc3)c([C@H](C)N)cc2c1. The van der Waals surface area contributed by atoms with Crippen LogP contribution < -0.4 is 16.0 Å². The molecule has 1 heterocycles. The Morgan fingerprint density at radius 3 is 2.21 bits per heavy atom. The second-order valence-corrected chi connectivity index (χ2v) is 6.98. The standard InChI is InChI=1S/C24H22N2O2/c1-16-13-18-15-21(17(2)25)26(19-9-5-3-6-10-19)24(27)23(18)22(14-16)28-20-11-7-4-8-12-20/h3-15,17H,25H2,1-2H3/t17-/m0/s1. The van der Waals surface area contributed by atoms with E-state index >= 15 is 0 Å². The first-order valence-corrected chi connectivity index (χ1v) is 9.29. The van der Waals surface area contributed by atoms with Gasteiger partial charge >= 0.3 is 0 Å². The van der Waals surface area contributed by atoms with Gasteiger partial charge in [-0.05, 0) is 61.2 Å². The van der Waals surface area contributed by atoms with Crippen LogP contribution in [0.25, 0.3) is 16.5 Å². The number of rotatable bonds is 4. The van der Waals surface area contributed by atoms with Gasteiger partial charge in [-0.25, -0.2) is 0 Å². The van der Waals surface area contributed by atoms with Crippen LogP contribution in [0.1, 0.15) is 24.2 Å². The topological polar surface area (TPSA) is 57.2 Å². The summed E-state index contributed by atoms with van der Waals surface area (Å²) in [5, 5.41) is 1.37. The van der Waals surface area contributed by atoms with Gasteiger partial charge < -0.3 is 10.5 Å². The summed E-state index contributed by atoms with van der Waals surface area (Å²) in [6, 6.07) is 24.6. The van der Waals surface area contributed by atoms with E-state index in [1.165, 1.54) is 0 Å². The number of para-hydroxylation sites is 2. The van der Waals surface area contributed by atoms with E-state index in [1.807, 2.05) is 92.7 Å². The molecular weight excluding hydrogens is 348 g/mol. The van der Waals surface area contributed by atoms with Gasteiger partial charge in [0.15, 0.2) is 0 Å². The third-order valence-corrected chi connectivity index (χ3v) is 4.71. The zero-order valence-electron chi connectivity index (χ0n) is 15.9. The summed E-state index contributed by atoms with van der Waals surface area (Å²) in [6.07, 6.45) is 0.